The zero-order valence-corrected chi connectivity index (χ0v) is 20.9. The quantitative estimate of drug-likeness (QED) is 0.117. The molecule has 0 atom stereocenters. The van der Waals surface area contributed by atoms with Gasteiger partial charge in [0, 0.05) is 0 Å². The Hall–Kier alpha value is -4.59. The highest BCUT2D eigenvalue weighted by atomic mass is 16.6. The molecule has 0 fully saturated rings. The lowest BCUT2D eigenvalue weighted by Gasteiger charge is -2.12. The Morgan fingerprint density at radius 1 is 0.892 bits per heavy atom. The average molecular weight is 503 g/mol. The molecule has 0 aromatic heterocycles. The molecule has 0 bridgehead atoms. The van der Waals surface area contributed by atoms with Crippen LogP contribution in [-0.2, 0) is 11.2 Å². The van der Waals surface area contributed by atoms with Crippen molar-refractivity contribution in [3.63, 3.8) is 0 Å². The molecule has 0 heterocycles. The second kappa shape index (κ2) is 14.1. The van der Waals surface area contributed by atoms with Crippen LogP contribution in [0.25, 0.3) is 0 Å². The van der Waals surface area contributed by atoms with Crippen molar-refractivity contribution in [2.24, 2.45) is 5.10 Å². The Morgan fingerprint density at radius 2 is 1.65 bits per heavy atom. The molecule has 8 nitrogen and oxygen atoms in total. The summed E-state index contributed by atoms with van der Waals surface area (Å²) in [4.78, 5) is 24.7. The highest BCUT2D eigenvalue weighted by Gasteiger charge is 2.14. The SMILES string of the molecule is C=CCc1ccccc1OCC(=O)N/N=C/c1ccc(OC(=O)c2ccc(OCC)cc2)c(OCC)c1. The van der Waals surface area contributed by atoms with E-state index in [0.717, 1.165) is 5.56 Å². The van der Waals surface area contributed by atoms with Crippen molar-refractivity contribution in [2.75, 3.05) is 19.8 Å². The molecule has 0 saturated carbocycles. The summed E-state index contributed by atoms with van der Waals surface area (Å²) in [6.07, 6.45) is 3.88. The molecule has 3 rings (SSSR count). The first-order valence-electron chi connectivity index (χ1n) is 11.9. The lowest BCUT2D eigenvalue weighted by molar-refractivity contribution is -0.123. The third-order valence-electron chi connectivity index (χ3n) is 4.97. The molecule has 0 radical (unpaired) electrons. The Bertz CT molecular complexity index is 1240. The second-order valence-corrected chi connectivity index (χ2v) is 7.67. The fraction of sp³-hybridized carbons (Fsp3) is 0.207. The fourth-order valence-electron chi connectivity index (χ4n) is 3.29. The van der Waals surface area contributed by atoms with Crippen LogP contribution in [0.3, 0.4) is 0 Å². The minimum Gasteiger partial charge on any atom is -0.494 e. The number of benzene rings is 3. The summed E-state index contributed by atoms with van der Waals surface area (Å²) in [6, 6.07) is 19.1. The van der Waals surface area contributed by atoms with Crippen LogP contribution in [0.15, 0.2) is 84.5 Å². The molecule has 192 valence electrons. The molecule has 37 heavy (non-hydrogen) atoms. The molecule has 0 aliphatic rings. The van der Waals surface area contributed by atoms with Gasteiger partial charge in [-0.2, -0.15) is 5.10 Å². The maximum Gasteiger partial charge on any atom is 0.343 e. The first-order valence-corrected chi connectivity index (χ1v) is 11.9. The van der Waals surface area contributed by atoms with E-state index in [2.05, 4.69) is 17.1 Å². The van der Waals surface area contributed by atoms with Gasteiger partial charge >= 0.3 is 5.97 Å². The van der Waals surface area contributed by atoms with Gasteiger partial charge in [-0.25, -0.2) is 10.2 Å². The van der Waals surface area contributed by atoms with Crippen molar-refractivity contribution in [1.29, 1.82) is 0 Å². The van der Waals surface area contributed by atoms with Crippen molar-refractivity contribution in [3.8, 4) is 23.0 Å². The van der Waals surface area contributed by atoms with Gasteiger partial charge in [0.05, 0.1) is 25.0 Å². The number of rotatable bonds is 13. The summed E-state index contributed by atoms with van der Waals surface area (Å²) in [7, 11) is 0. The number of hydrogen-bond donors (Lipinski definition) is 1. The molecule has 3 aromatic carbocycles. The molecular formula is C29H30N2O6. The molecule has 0 aliphatic carbocycles. The third kappa shape index (κ3) is 8.24. The van der Waals surface area contributed by atoms with Crippen LogP contribution in [0.4, 0.5) is 0 Å². The zero-order valence-electron chi connectivity index (χ0n) is 20.9. The Balaban J connectivity index is 1.59. The summed E-state index contributed by atoms with van der Waals surface area (Å²) in [5.74, 6) is 1.02. The number of esters is 1. The summed E-state index contributed by atoms with van der Waals surface area (Å²) >= 11 is 0. The minimum atomic E-state index is -0.521. The summed E-state index contributed by atoms with van der Waals surface area (Å²) in [5, 5.41) is 3.98. The lowest BCUT2D eigenvalue weighted by atomic mass is 10.1. The number of para-hydroxylation sites is 1. The van der Waals surface area contributed by atoms with Crippen LogP contribution in [0.1, 0.15) is 35.3 Å². The number of ether oxygens (including phenoxy) is 4. The van der Waals surface area contributed by atoms with Gasteiger partial charge in [0.25, 0.3) is 5.91 Å². The number of amides is 1. The van der Waals surface area contributed by atoms with Gasteiger partial charge in [-0.3, -0.25) is 4.79 Å². The van der Waals surface area contributed by atoms with E-state index in [1.165, 1.54) is 6.21 Å². The van der Waals surface area contributed by atoms with E-state index in [9.17, 15) is 9.59 Å². The van der Waals surface area contributed by atoms with Crippen LogP contribution in [0.2, 0.25) is 0 Å². The van der Waals surface area contributed by atoms with E-state index in [0.29, 0.717) is 48.0 Å². The van der Waals surface area contributed by atoms with Crippen molar-refractivity contribution in [3.05, 3.63) is 96.1 Å². The molecule has 0 unspecified atom stereocenters. The van der Waals surface area contributed by atoms with E-state index >= 15 is 0 Å². The second-order valence-electron chi connectivity index (χ2n) is 7.67. The lowest BCUT2D eigenvalue weighted by Crippen LogP contribution is -2.24. The standard InChI is InChI=1S/C29H30N2O6/c1-4-9-22-10-7-8-11-25(22)36-20-28(32)31-30-19-21-12-17-26(27(18-21)35-6-3)37-29(33)23-13-15-24(16-14-23)34-5-2/h4,7-8,10-19H,1,5-6,9,20H2,2-3H3,(H,31,32)/b30-19+. The molecule has 0 spiro atoms. The first-order chi connectivity index (χ1) is 18.0. The summed E-state index contributed by atoms with van der Waals surface area (Å²) in [6.45, 7) is 8.17. The van der Waals surface area contributed by atoms with Crippen molar-refractivity contribution in [2.45, 2.75) is 20.3 Å². The number of carbonyl (C=O) groups excluding carboxylic acids is 2. The van der Waals surface area contributed by atoms with Crippen molar-refractivity contribution < 1.29 is 28.5 Å². The van der Waals surface area contributed by atoms with E-state index in [-0.39, 0.29) is 12.4 Å². The van der Waals surface area contributed by atoms with Crippen LogP contribution >= 0.6 is 0 Å². The number of allylic oxidation sites excluding steroid dienone is 1. The van der Waals surface area contributed by atoms with Crippen LogP contribution in [0, 0.1) is 0 Å². The smallest absolute Gasteiger partial charge is 0.343 e. The van der Waals surface area contributed by atoms with Crippen LogP contribution in [-0.4, -0.2) is 37.9 Å². The number of nitrogens with zero attached hydrogens (tertiary/aromatic N) is 1. The topological polar surface area (TPSA) is 95.5 Å². The first kappa shape index (κ1) is 27.0. The van der Waals surface area contributed by atoms with E-state index < -0.39 is 11.9 Å². The van der Waals surface area contributed by atoms with Gasteiger partial charge in [-0.15, -0.1) is 6.58 Å². The predicted octanol–water partition coefficient (Wildman–Crippen LogP) is 4.96. The van der Waals surface area contributed by atoms with Crippen LogP contribution < -0.4 is 24.4 Å². The Morgan fingerprint density at radius 3 is 2.38 bits per heavy atom. The number of hydrazone groups is 1. The third-order valence-corrected chi connectivity index (χ3v) is 4.97. The summed E-state index contributed by atoms with van der Waals surface area (Å²) < 4.78 is 22.2. The van der Waals surface area contributed by atoms with E-state index in [1.54, 1.807) is 54.6 Å². The van der Waals surface area contributed by atoms with Gasteiger partial charge in [-0.1, -0.05) is 24.3 Å². The molecule has 1 N–H and O–H groups in total. The molecule has 1 amide bonds. The van der Waals surface area contributed by atoms with Gasteiger partial charge in [0.1, 0.15) is 11.5 Å². The highest BCUT2D eigenvalue weighted by molar-refractivity contribution is 5.92. The molecule has 0 saturated heterocycles. The molecule has 0 aliphatic heterocycles. The molecule has 3 aromatic rings. The van der Waals surface area contributed by atoms with Gasteiger partial charge in [-0.05, 0) is 79.9 Å². The van der Waals surface area contributed by atoms with Gasteiger partial charge < -0.3 is 18.9 Å². The monoisotopic (exact) mass is 502 g/mol. The van der Waals surface area contributed by atoms with Gasteiger partial charge in [0.15, 0.2) is 18.1 Å². The van der Waals surface area contributed by atoms with E-state index in [1.807, 2.05) is 32.0 Å². The Kier molecular flexibility index (Phi) is 10.3. The number of carbonyl (C=O) groups is 2. The maximum absolute atomic E-state index is 12.6. The van der Waals surface area contributed by atoms with Gasteiger partial charge in [0.2, 0.25) is 0 Å². The van der Waals surface area contributed by atoms with Crippen LogP contribution in [0.5, 0.6) is 23.0 Å². The molecule has 8 heteroatoms. The van der Waals surface area contributed by atoms with E-state index in [4.69, 9.17) is 18.9 Å². The minimum absolute atomic E-state index is 0.184. The van der Waals surface area contributed by atoms with Crippen molar-refractivity contribution in [1.82, 2.24) is 5.43 Å². The predicted molar refractivity (Wildman–Crippen MR) is 142 cm³/mol. The summed E-state index contributed by atoms with van der Waals surface area (Å²) in [5.41, 5.74) is 4.40. The average Bonchev–Trinajstić information content (AvgIpc) is 2.90. The highest BCUT2D eigenvalue weighted by Crippen LogP contribution is 2.29. The largest absolute Gasteiger partial charge is 0.494 e. The number of hydrogen-bond acceptors (Lipinski definition) is 7. The maximum atomic E-state index is 12.6. The Labute approximate surface area is 216 Å². The number of nitrogens with one attached hydrogen (secondary N) is 1. The molecular weight excluding hydrogens is 472 g/mol. The normalized spacial score (nSPS) is 10.5. The van der Waals surface area contributed by atoms with Crippen molar-refractivity contribution >= 4 is 18.1 Å². The zero-order chi connectivity index (χ0) is 26.5. The fourth-order valence-corrected chi connectivity index (χ4v) is 3.29.